The minimum absolute atomic E-state index is 0. The quantitative estimate of drug-likeness (QED) is 0.557. The zero-order valence-electron chi connectivity index (χ0n) is 5.77. The number of thioether (sulfide) groups is 1. The van der Waals surface area contributed by atoms with E-state index in [4.69, 9.17) is 5.73 Å². The minimum Gasteiger partial charge on any atom is -0.317 e. The van der Waals surface area contributed by atoms with Gasteiger partial charge in [0.2, 0.25) is 5.91 Å². The number of amides is 1. The third-order valence-corrected chi connectivity index (χ3v) is 3.00. The molecule has 11 heavy (non-hydrogen) atoms. The summed E-state index contributed by atoms with van der Waals surface area (Å²) in [5, 5.41) is 0.220. The Balaban J connectivity index is 0.000000605. The van der Waals surface area contributed by atoms with Crippen LogP contribution in [0.3, 0.4) is 0 Å². The molecule has 5 heteroatoms. The van der Waals surface area contributed by atoms with Gasteiger partial charge in [-0.1, -0.05) is 6.08 Å². The molecule has 1 saturated heterocycles. The van der Waals surface area contributed by atoms with Gasteiger partial charge < -0.3 is 10.6 Å². The molecule has 0 saturated carbocycles. The van der Waals surface area contributed by atoms with E-state index in [1.165, 1.54) is 0 Å². The van der Waals surface area contributed by atoms with Crippen LogP contribution in [0.4, 0.5) is 0 Å². The van der Waals surface area contributed by atoms with Gasteiger partial charge in [-0.2, -0.15) is 0 Å². The molecule has 2 N–H and O–H groups in total. The van der Waals surface area contributed by atoms with E-state index in [9.17, 15) is 4.79 Å². The summed E-state index contributed by atoms with van der Waals surface area (Å²) in [5.41, 5.74) is 5.53. The zero-order valence-corrected chi connectivity index (χ0v) is 7.40. The summed E-state index contributed by atoms with van der Waals surface area (Å²) in [4.78, 5) is 12.6. The summed E-state index contributed by atoms with van der Waals surface area (Å²) in [5.74, 6) is 1.02. The molecule has 2 rings (SSSR count). The summed E-state index contributed by atoms with van der Waals surface area (Å²) in [6.45, 7) is 0. The lowest BCUT2D eigenvalue weighted by molar-refractivity contribution is -0.140. The summed E-state index contributed by atoms with van der Waals surface area (Å²) < 4.78 is 0. The second-order valence-electron chi connectivity index (χ2n) is 2.38. The maximum Gasteiger partial charge on any atom is 0.247 e. The van der Waals surface area contributed by atoms with Gasteiger partial charge in [-0.15, -0.1) is 24.2 Å². The highest BCUT2D eigenvalue weighted by Gasteiger charge is 2.44. The van der Waals surface area contributed by atoms with E-state index >= 15 is 0 Å². The Morgan fingerprint density at radius 2 is 2.45 bits per heavy atom. The van der Waals surface area contributed by atoms with Crippen LogP contribution in [-0.4, -0.2) is 28.0 Å². The Kier molecular flexibility index (Phi) is 2.47. The molecule has 0 bridgehead atoms. The van der Waals surface area contributed by atoms with Gasteiger partial charge in [0.1, 0.15) is 11.4 Å². The number of carbonyl (C=O) groups is 1. The average Bonchev–Trinajstić information content (AvgIpc) is 2.03. The van der Waals surface area contributed by atoms with Crippen molar-refractivity contribution < 1.29 is 4.79 Å². The standard InChI is InChI=1S/C6H8N2OS.ClH/c7-4-5(9)8-2-1-3-10-6(4)8;/h1-2,4,6H,3,7H2;1H/t4?,6-;/m0./s1. The zero-order chi connectivity index (χ0) is 7.14. The van der Waals surface area contributed by atoms with Crippen LogP contribution in [0.15, 0.2) is 12.3 Å². The first-order valence-corrected chi connectivity index (χ1v) is 4.21. The third kappa shape index (κ3) is 1.15. The maximum absolute atomic E-state index is 10.9. The molecule has 62 valence electrons. The number of hydrogen-bond acceptors (Lipinski definition) is 3. The molecule has 2 aliphatic rings. The lowest BCUT2D eigenvalue weighted by atomic mass is 10.1. The van der Waals surface area contributed by atoms with E-state index in [1.54, 1.807) is 16.7 Å². The second-order valence-corrected chi connectivity index (χ2v) is 3.53. The Morgan fingerprint density at radius 3 is 3.09 bits per heavy atom. The van der Waals surface area contributed by atoms with Gasteiger partial charge in [-0.3, -0.25) is 4.79 Å². The first kappa shape index (κ1) is 8.90. The van der Waals surface area contributed by atoms with E-state index in [0.29, 0.717) is 0 Å². The van der Waals surface area contributed by atoms with Crippen molar-refractivity contribution in [1.82, 2.24) is 4.90 Å². The predicted molar refractivity (Wildman–Crippen MR) is 47.5 cm³/mol. The Morgan fingerprint density at radius 1 is 1.73 bits per heavy atom. The lowest BCUT2D eigenvalue weighted by Crippen LogP contribution is -2.65. The van der Waals surface area contributed by atoms with Gasteiger partial charge in [0.05, 0.1) is 0 Å². The van der Waals surface area contributed by atoms with E-state index in [1.807, 2.05) is 12.3 Å². The molecule has 2 atom stereocenters. The van der Waals surface area contributed by atoms with Crippen LogP contribution >= 0.6 is 24.2 Å². The highest BCUT2D eigenvalue weighted by Crippen LogP contribution is 2.31. The second kappa shape index (κ2) is 3.05. The van der Waals surface area contributed by atoms with Crippen molar-refractivity contribution in [3.8, 4) is 0 Å². The number of β-lactam (4-membered cyclic amide) rings is 1. The maximum atomic E-state index is 10.9. The van der Waals surface area contributed by atoms with Crippen molar-refractivity contribution in [2.45, 2.75) is 11.4 Å². The van der Waals surface area contributed by atoms with Gasteiger partial charge in [0.15, 0.2) is 0 Å². The smallest absolute Gasteiger partial charge is 0.247 e. The van der Waals surface area contributed by atoms with Crippen molar-refractivity contribution in [3.05, 3.63) is 12.3 Å². The molecule has 1 amide bonds. The molecule has 0 aromatic rings. The van der Waals surface area contributed by atoms with Crippen molar-refractivity contribution in [3.63, 3.8) is 0 Å². The number of nitrogens with zero attached hydrogens (tertiary/aromatic N) is 1. The average molecular weight is 193 g/mol. The first-order valence-electron chi connectivity index (χ1n) is 3.17. The largest absolute Gasteiger partial charge is 0.317 e. The topological polar surface area (TPSA) is 46.3 Å². The Bertz CT molecular complexity index is 209. The fourth-order valence-electron chi connectivity index (χ4n) is 1.16. The third-order valence-electron chi connectivity index (χ3n) is 1.75. The molecule has 2 heterocycles. The number of nitrogens with two attached hydrogens (primary N) is 1. The van der Waals surface area contributed by atoms with Crippen LogP contribution in [-0.2, 0) is 4.79 Å². The van der Waals surface area contributed by atoms with Gasteiger partial charge in [-0.25, -0.2) is 0 Å². The molecular weight excluding hydrogens is 184 g/mol. The van der Waals surface area contributed by atoms with Crippen LogP contribution in [0.25, 0.3) is 0 Å². The van der Waals surface area contributed by atoms with Crippen molar-refractivity contribution in [2.75, 3.05) is 5.75 Å². The predicted octanol–water partition coefficient (Wildman–Crippen LogP) is 0.164. The van der Waals surface area contributed by atoms with Gasteiger partial charge in [0.25, 0.3) is 0 Å². The minimum atomic E-state index is -0.255. The number of hydrogen-bond donors (Lipinski definition) is 1. The molecular formula is C6H9ClN2OS. The number of carbonyl (C=O) groups excluding carboxylic acids is 1. The van der Waals surface area contributed by atoms with E-state index < -0.39 is 0 Å². The molecule has 1 unspecified atom stereocenters. The SMILES string of the molecule is Cl.NC1C(=O)N2C=CCS[C@@H]12. The summed E-state index contributed by atoms with van der Waals surface area (Å²) in [6, 6.07) is -0.255. The fraction of sp³-hybridized carbons (Fsp3) is 0.500. The Hall–Kier alpha value is -0.190. The van der Waals surface area contributed by atoms with Crippen LogP contribution < -0.4 is 5.73 Å². The van der Waals surface area contributed by atoms with Crippen LogP contribution in [0, 0.1) is 0 Å². The van der Waals surface area contributed by atoms with Crippen LogP contribution in [0.5, 0.6) is 0 Å². The Labute approximate surface area is 75.4 Å². The fourth-order valence-corrected chi connectivity index (χ4v) is 2.22. The van der Waals surface area contributed by atoms with Crippen molar-refractivity contribution >= 4 is 30.1 Å². The highest BCUT2D eigenvalue weighted by atomic mass is 35.5. The summed E-state index contributed by atoms with van der Waals surface area (Å²) >= 11 is 1.72. The molecule has 0 spiro atoms. The van der Waals surface area contributed by atoms with Crippen LogP contribution in [0.1, 0.15) is 0 Å². The molecule has 3 nitrogen and oxygen atoms in total. The number of fused-ring (bicyclic) bond motifs is 1. The van der Waals surface area contributed by atoms with Gasteiger partial charge in [-0.05, 0) is 0 Å². The first-order chi connectivity index (χ1) is 4.80. The number of rotatable bonds is 0. The summed E-state index contributed by atoms with van der Waals surface area (Å²) in [7, 11) is 0. The normalized spacial score (nSPS) is 33.9. The van der Waals surface area contributed by atoms with Gasteiger partial charge >= 0.3 is 0 Å². The van der Waals surface area contributed by atoms with E-state index in [0.717, 1.165) is 5.75 Å². The molecule has 0 aliphatic carbocycles. The molecule has 1 fully saturated rings. The molecule has 0 aromatic heterocycles. The van der Waals surface area contributed by atoms with Crippen molar-refractivity contribution in [1.29, 1.82) is 0 Å². The highest BCUT2D eigenvalue weighted by molar-refractivity contribution is 8.00. The van der Waals surface area contributed by atoms with E-state index in [2.05, 4.69) is 0 Å². The summed E-state index contributed by atoms with van der Waals surface area (Å²) in [6.07, 6.45) is 3.80. The van der Waals surface area contributed by atoms with Crippen molar-refractivity contribution in [2.24, 2.45) is 5.73 Å². The van der Waals surface area contributed by atoms with Gasteiger partial charge in [0, 0.05) is 12.0 Å². The van der Waals surface area contributed by atoms with Crippen LogP contribution in [0.2, 0.25) is 0 Å². The van der Waals surface area contributed by atoms with E-state index in [-0.39, 0.29) is 29.7 Å². The monoisotopic (exact) mass is 192 g/mol. The molecule has 2 aliphatic heterocycles. The lowest BCUT2D eigenvalue weighted by Gasteiger charge is -2.44. The number of halogens is 1. The molecule has 0 aromatic carbocycles. The molecule has 0 radical (unpaired) electrons.